The van der Waals surface area contributed by atoms with Gasteiger partial charge in [0.05, 0.1) is 0 Å². The van der Waals surface area contributed by atoms with Crippen LogP contribution in [0.15, 0.2) is 0 Å². The molecular weight excluding hydrogens is 248 g/mol. The summed E-state index contributed by atoms with van der Waals surface area (Å²) in [5.41, 5.74) is 0. The van der Waals surface area contributed by atoms with E-state index in [9.17, 15) is 4.79 Å². The van der Waals surface area contributed by atoms with Gasteiger partial charge in [-0.25, -0.2) is 4.79 Å². The fourth-order valence-electron chi connectivity index (χ4n) is 3.10. The van der Waals surface area contributed by atoms with Gasteiger partial charge in [-0.1, -0.05) is 77.0 Å². The lowest BCUT2D eigenvalue weighted by molar-refractivity contribution is 0.236. The number of carbonyl (C=O) groups is 1. The molecule has 0 spiro atoms. The van der Waals surface area contributed by atoms with Crippen molar-refractivity contribution in [3.05, 3.63) is 0 Å². The highest BCUT2D eigenvalue weighted by Crippen LogP contribution is 2.16. The third kappa shape index (κ3) is 9.22. The van der Waals surface area contributed by atoms with E-state index in [-0.39, 0.29) is 6.03 Å². The molecule has 0 bridgehead atoms. The van der Waals surface area contributed by atoms with Crippen molar-refractivity contribution in [1.29, 1.82) is 0 Å². The monoisotopic (exact) mass is 282 g/mol. The molecule has 0 saturated heterocycles. The number of amides is 2. The second-order valence-corrected chi connectivity index (χ2v) is 6.24. The Kier molecular flexibility index (Phi) is 10.4. The van der Waals surface area contributed by atoms with Crippen molar-refractivity contribution in [3.63, 3.8) is 0 Å². The SMILES string of the molecule is CNC(=O)NC1CCCCCCCCCCCCCC1. The first-order valence-corrected chi connectivity index (χ1v) is 8.81. The molecule has 0 unspecified atom stereocenters. The number of urea groups is 1. The third-order valence-corrected chi connectivity index (χ3v) is 4.42. The maximum absolute atomic E-state index is 11.5. The molecule has 2 N–H and O–H groups in total. The lowest BCUT2D eigenvalue weighted by Gasteiger charge is -2.18. The highest BCUT2D eigenvalue weighted by atomic mass is 16.2. The van der Waals surface area contributed by atoms with E-state index in [4.69, 9.17) is 0 Å². The maximum atomic E-state index is 11.5. The fraction of sp³-hybridized carbons (Fsp3) is 0.941. The number of carbonyl (C=O) groups excluding carboxylic acids is 1. The molecule has 1 aliphatic rings. The Morgan fingerprint density at radius 3 is 1.40 bits per heavy atom. The molecule has 0 radical (unpaired) electrons. The highest BCUT2D eigenvalue weighted by Gasteiger charge is 2.11. The van der Waals surface area contributed by atoms with Gasteiger partial charge in [-0.15, -0.1) is 0 Å². The van der Waals surface area contributed by atoms with Gasteiger partial charge in [0.15, 0.2) is 0 Å². The lowest BCUT2D eigenvalue weighted by atomic mass is 10.0. The minimum absolute atomic E-state index is 0.0204. The van der Waals surface area contributed by atoms with Gasteiger partial charge in [0.25, 0.3) is 0 Å². The topological polar surface area (TPSA) is 41.1 Å². The first-order chi connectivity index (χ1) is 9.83. The number of hydrogen-bond acceptors (Lipinski definition) is 1. The third-order valence-electron chi connectivity index (χ3n) is 4.42. The van der Waals surface area contributed by atoms with E-state index in [0.29, 0.717) is 6.04 Å². The zero-order chi connectivity index (χ0) is 14.5. The van der Waals surface area contributed by atoms with Gasteiger partial charge in [0.2, 0.25) is 0 Å². The predicted octanol–water partition coefficient (Wildman–Crippen LogP) is 4.76. The predicted molar refractivity (Wildman–Crippen MR) is 86.0 cm³/mol. The van der Waals surface area contributed by atoms with E-state index in [1.165, 1.54) is 77.0 Å². The van der Waals surface area contributed by atoms with Gasteiger partial charge in [0.1, 0.15) is 0 Å². The average molecular weight is 282 g/mol. The Hall–Kier alpha value is -0.730. The highest BCUT2D eigenvalue weighted by molar-refractivity contribution is 5.73. The molecule has 0 aromatic rings. The molecule has 0 aromatic carbocycles. The first-order valence-electron chi connectivity index (χ1n) is 8.81. The van der Waals surface area contributed by atoms with Crippen molar-refractivity contribution in [2.45, 2.75) is 95.9 Å². The van der Waals surface area contributed by atoms with Crippen LogP contribution in [-0.2, 0) is 0 Å². The van der Waals surface area contributed by atoms with Crippen LogP contribution < -0.4 is 10.6 Å². The standard InChI is InChI=1S/C17H34N2O/c1-18-17(20)19-16-14-12-10-8-6-4-2-3-5-7-9-11-13-15-16/h16H,2-15H2,1H3,(H2,18,19,20). The van der Waals surface area contributed by atoms with Gasteiger partial charge in [-0.2, -0.15) is 0 Å². The molecule has 0 heterocycles. The summed E-state index contributed by atoms with van der Waals surface area (Å²) < 4.78 is 0. The van der Waals surface area contributed by atoms with Crippen LogP contribution in [0, 0.1) is 0 Å². The Balaban J connectivity index is 2.30. The second kappa shape index (κ2) is 12.0. The van der Waals surface area contributed by atoms with Crippen molar-refractivity contribution < 1.29 is 4.79 Å². The van der Waals surface area contributed by atoms with Gasteiger partial charge in [0, 0.05) is 13.1 Å². The summed E-state index contributed by atoms with van der Waals surface area (Å²) >= 11 is 0. The van der Waals surface area contributed by atoms with E-state index in [2.05, 4.69) is 10.6 Å². The van der Waals surface area contributed by atoms with Crippen molar-refractivity contribution in [3.8, 4) is 0 Å². The van der Waals surface area contributed by atoms with Crippen molar-refractivity contribution in [2.24, 2.45) is 0 Å². The molecule has 1 rings (SSSR count). The lowest BCUT2D eigenvalue weighted by Crippen LogP contribution is -2.40. The van der Waals surface area contributed by atoms with Crippen molar-refractivity contribution in [2.75, 3.05) is 7.05 Å². The van der Waals surface area contributed by atoms with E-state index >= 15 is 0 Å². The van der Waals surface area contributed by atoms with Gasteiger partial charge >= 0.3 is 6.03 Å². The molecular formula is C17H34N2O. The summed E-state index contributed by atoms with van der Waals surface area (Å²) in [5, 5.41) is 5.79. The summed E-state index contributed by atoms with van der Waals surface area (Å²) in [6.07, 6.45) is 18.7. The molecule has 2 amide bonds. The number of nitrogens with one attached hydrogen (secondary N) is 2. The summed E-state index contributed by atoms with van der Waals surface area (Å²) in [6, 6.07) is 0.355. The Bertz CT molecular complexity index is 227. The zero-order valence-corrected chi connectivity index (χ0v) is 13.4. The van der Waals surface area contributed by atoms with Gasteiger partial charge < -0.3 is 10.6 Å². The van der Waals surface area contributed by atoms with Crippen LogP contribution in [0.2, 0.25) is 0 Å². The average Bonchev–Trinajstić information content (AvgIpc) is 2.47. The van der Waals surface area contributed by atoms with E-state index < -0.39 is 0 Å². The number of hydrogen-bond donors (Lipinski definition) is 2. The summed E-state index contributed by atoms with van der Waals surface area (Å²) in [6.45, 7) is 0. The van der Waals surface area contributed by atoms with E-state index in [0.717, 1.165) is 12.8 Å². The van der Waals surface area contributed by atoms with E-state index in [1.54, 1.807) is 7.05 Å². The van der Waals surface area contributed by atoms with Crippen LogP contribution in [0.5, 0.6) is 0 Å². The minimum Gasteiger partial charge on any atom is -0.341 e. The smallest absolute Gasteiger partial charge is 0.314 e. The molecule has 118 valence electrons. The number of rotatable bonds is 1. The fourth-order valence-corrected chi connectivity index (χ4v) is 3.10. The molecule has 3 nitrogen and oxygen atoms in total. The molecule has 3 heteroatoms. The molecule has 0 aliphatic heterocycles. The Morgan fingerprint density at radius 2 is 1.05 bits per heavy atom. The van der Waals surface area contributed by atoms with Crippen LogP contribution in [0.4, 0.5) is 4.79 Å². The van der Waals surface area contributed by atoms with Crippen LogP contribution >= 0.6 is 0 Å². The van der Waals surface area contributed by atoms with Crippen molar-refractivity contribution in [1.82, 2.24) is 10.6 Å². The largest absolute Gasteiger partial charge is 0.341 e. The van der Waals surface area contributed by atoms with Crippen LogP contribution in [-0.4, -0.2) is 19.1 Å². The van der Waals surface area contributed by atoms with Crippen molar-refractivity contribution >= 4 is 6.03 Å². The summed E-state index contributed by atoms with van der Waals surface area (Å²) in [7, 11) is 1.70. The summed E-state index contributed by atoms with van der Waals surface area (Å²) in [5.74, 6) is 0. The summed E-state index contributed by atoms with van der Waals surface area (Å²) in [4.78, 5) is 11.5. The normalized spacial score (nSPS) is 21.4. The molecule has 1 fully saturated rings. The maximum Gasteiger partial charge on any atom is 0.314 e. The van der Waals surface area contributed by atoms with Gasteiger partial charge in [-0.05, 0) is 12.8 Å². The van der Waals surface area contributed by atoms with Gasteiger partial charge in [-0.3, -0.25) is 0 Å². The van der Waals surface area contributed by atoms with Crippen LogP contribution in [0.3, 0.4) is 0 Å². The zero-order valence-electron chi connectivity index (χ0n) is 13.4. The molecule has 20 heavy (non-hydrogen) atoms. The minimum atomic E-state index is -0.0204. The molecule has 1 saturated carbocycles. The van der Waals surface area contributed by atoms with E-state index in [1.807, 2.05) is 0 Å². The molecule has 1 aliphatic carbocycles. The second-order valence-electron chi connectivity index (χ2n) is 6.24. The first kappa shape index (κ1) is 17.3. The quantitative estimate of drug-likeness (QED) is 0.715. The molecule has 0 aromatic heterocycles. The van der Waals surface area contributed by atoms with Crippen LogP contribution in [0.25, 0.3) is 0 Å². The van der Waals surface area contributed by atoms with Crippen LogP contribution in [0.1, 0.15) is 89.9 Å². The Morgan fingerprint density at radius 1 is 0.700 bits per heavy atom. The Labute approximate surface area is 125 Å². The molecule has 0 atom stereocenters.